The highest BCUT2D eigenvalue weighted by Crippen LogP contribution is 2.18. The first-order valence-corrected chi connectivity index (χ1v) is 11.7. The normalized spacial score (nSPS) is 13.1. The second kappa shape index (κ2) is 14.2. The number of carboxylic acids is 2. The Morgan fingerprint density at radius 2 is 1.63 bits per heavy atom. The lowest BCUT2D eigenvalue weighted by molar-refractivity contribution is -0.141. The third-order valence-electron chi connectivity index (χ3n) is 5.46. The number of rotatable bonds is 15. The highest BCUT2D eigenvalue weighted by molar-refractivity contribution is 5.95. The molecule has 2 aromatic rings. The molecule has 15 nitrogen and oxygen atoms in total. The molecule has 0 radical (unpaired) electrons. The first-order chi connectivity index (χ1) is 18.0. The number of carbonyl (C=O) groups is 5. The number of carbonyl (C=O) groups excluding carboxylic acids is 3. The summed E-state index contributed by atoms with van der Waals surface area (Å²) in [5.74, 6) is -5.44. The van der Waals surface area contributed by atoms with Crippen molar-refractivity contribution in [2.75, 3.05) is 13.1 Å². The number of hydrogen-bond donors (Lipinski definition) is 9. The molecule has 0 saturated carbocycles. The number of hydrogen-bond acceptors (Lipinski definition) is 7. The Morgan fingerprint density at radius 1 is 0.947 bits per heavy atom. The van der Waals surface area contributed by atoms with Crippen LogP contribution in [0.5, 0.6) is 0 Å². The molecule has 0 aliphatic carbocycles. The van der Waals surface area contributed by atoms with E-state index >= 15 is 0 Å². The van der Waals surface area contributed by atoms with Crippen molar-refractivity contribution < 1.29 is 34.2 Å². The zero-order valence-corrected chi connectivity index (χ0v) is 20.5. The van der Waals surface area contributed by atoms with Crippen LogP contribution in [0.1, 0.15) is 24.8 Å². The van der Waals surface area contributed by atoms with E-state index in [9.17, 15) is 24.0 Å². The molecular formula is C23H32N8O7. The number of aliphatic carboxylic acids is 2. The summed E-state index contributed by atoms with van der Waals surface area (Å²) in [6.45, 7) is -0.632. The molecule has 0 aliphatic rings. The highest BCUT2D eigenvalue weighted by Gasteiger charge is 2.29. The van der Waals surface area contributed by atoms with Gasteiger partial charge in [0.25, 0.3) is 0 Å². The smallest absolute Gasteiger partial charge is 0.322 e. The number of fused-ring (bicyclic) bond motifs is 1. The monoisotopic (exact) mass is 532 g/mol. The first kappa shape index (κ1) is 29.6. The quantitative estimate of drug-likeness (QED) is 0.0674. The van der Waals surface area contributed by atoms with Crippen LogP contribution in [0, 0.1) is 0 Å². The van der Waals surface area contributed by atoms with E-state index in [-0.39, 0.29) is 31.8 Å². The number of para-hydroxylation sites is 1. The van der Waals surface area contributed by atoms with Crippen molar-refractivity contribution in [1.82, 2.24) is 20.9 Å². The lowest BCUT2D eigenvalue weighted by Crippen LogP contribution is -2.56. The second-order valence-corrected chi connectivity index (χ2v) is 8.45. The van der Waals surface area contributed by atoms with E-state index in [1.807, 2.05) is 29.6 Å². The van der Waals surface area contributed by atoms with Crippen LogP contribution in [-0.4, -0.2) is 82.0 Å². The van der Waals surface area contributed by atoms with E-state index in [4.69, 9.17) is 27.4 Å². The van der Waals surface area contributed by atoms with E-state index in [2.05, 4.69) is 20.6 Å². The fraction of sp³-hybridized carbons (Fsp3) is 0.391. The molecule has 2 rings (SSSR count). The van der Waals surface area contributed by atoms with Crippen molar-refractivity contribution >= 4 is 46.5 Å². The largest absolute Gasteiger partial charge is 0.481 e. The van der Waals surface area contributed by atoms with E-state index < -0.39 is 60.8 Å². The van der Waals surface area contributed by atoms with Gasteiger partial charge in [-0.3, -0.25) is 29.0 Å². The number of nitrogens with zero attached hydrogens (tertiary/aromatic N) is 1. The van der Waals surface area contributed by atoms with Crippen molar-refractivity contribution in [3.63, 3.8) is 0 Å². The van der Waals surface area contributed by atoms with Crippen molar-refractivity contribution in [3.05, 3.63) is 36.0 Å². The van der Waals surface area contributed by atoms with Gasteiger partial charge < -0.3 is 48.3 Å². The summed E-state index contributed by atoms with van der Waals surface area (Å²) in [5.41, 5.74) is 18.4. The Labute approximate surface area is 217 Å². The van der Waals surface area contributed by atoms with Crippen LogP contribution in [0.15, 0.2) is 35.5 Å². The number of aliphatic imine (C=N–C) groups is 1. The van der Waals surface area contributed by atoms with E-state index in [0.717, 1.165) is 16.5 Å². The molecule has 0 saturated heterocycles. The molecule has 1 aromatic carbocycles. The van der Waals surface area contributed by atoms with Gasteiger partial charge in [-0.1, -0.05) is 18.2 Å². The summed E-state index contributed by atoms with van der Waals surface area (Å²) >= 11 is 0. The van der Waals surface area contributed by atoms with Gasteiger partial charge in [0.15, 0.2) is 5.96 Å². The minimum absolute atomic E-state index is 0.0324. The standard InChI is InChI=1S/C23H32N8O7/c24-14(8-12-10-28-15-5-2-1-4-13(12)15)20(36)30-16(6-3-7-27-23(25)26)22(38)31-17(9-18(32)33)21(37)29-11-19(34)35/h1-2,4-5,10,14,16-17,28H,3,6-9,11,24H2,(H,29,37)(H,30,36)(H,31,38)(H,32,33)(H,34,35)(H4,25,26,27). The summed E-state index contributed by atoms with van der Waals surface area (Å²) in [7, 11) is 0. The maximum Gasteiger partial charge on any atom is 0.322 e. The predicted octanol–water partition coefficient (Wildman–Crippen LogP) is -2.26. The van der Waals surface area contributed by atoms with Gasteiger partial charge in [-0.2, -0.15) is 0 Å². The molecule has 0 fully saturated rings. The summed E-state index contributed by atoms with van der Waals surface area (Å²) in [6, 6.07) is 3.63. The van der Waals surface area contributed by atoms with Crippen LogP contribution < -0.4 is 33.2 Å². The number of nitrogens with two attached hydrogens (primary N) is 3. The summed E-state index contributed by atoms with van der Waals surface area (Å²) in [4.78, 5) is 67.1. The Hall–Kier alpha value is -4.66. The van der Waals surface area contributed by atoms with E-state index in [0.29, 0.717) is 0 Å². The zero-order chi connectivity index (χ0) is 28.2. The number of carboxylic acid groups (broad SMARTS) is 2. The summed E-state index contributed by atoms with van der Waals surface area (Å²) < 4.78 is 0. The minimum atomic E-state index is -1.59. The molecule has 0 spiro atoms. The van der Waals surface area contributed by atoms with Crippen molar-refractivity contribution in [2.24, 2.45) is 22.2 Å². The maximum atomic E-state index is 13.0. The SMILES string of the molecule is NC(N)=NCCCC(NC(=O)C(N)Cc1c[nH]c2ccccc12)C(=O)NC(CC(=O)O)C(=O)NCC(=O)O. The van der Waals surface area contributed by atoms with E-state index in [1.165, 1.54) is 0 Å². The van der Waals surface area contributed by atoms with Crippen LogP contribution in [0.4, 0.5) is 0 Å². The zero-order valence-electron chi connectivity index (χ0n) is 20.5. The fourth-order valence-corrected chi connectivity index (χ4v) is 3.62. The molecule has 1 aromatic heterocycles. The fourth-order valence-electron chi connectivity index (χ4n) is 3.62. The number of amides is 3. The van der Waals surface area contributed by atoms with Crippen molar-refractivity contribution in [2.45, 2.75) is 43.8 Å². The number of aromatic nitrogens is 1. The minimum Gasteiger partial charge on any atom is -0.481 e. The van der Waals surface area contributed by atoms with Gasteiger partial charge in [0.05, 0.1) is 12.5 Å². The Kier molecular flexibility index (Phi) is 11.0. The first-order valence-electron chi connectivity index (χ1n) is 11.7. The van der Waals surface area contributed by atoms with Crippen molar-refractivity contribution in [1.29, 1.82) is 0 Å². The molecule has 12 N–H and O–H groups in total. The summed E-state index contributed by atoms with van der Waals surface area (Å²) in [6.07, 6.45) is 1.38. The predicted molar refractivity (Wildman–Crippen MR) is 137 cm³/mol. The van der Waals surface area contributed by atoms with Crippen molar-refractivity contribution in [3.8, 4) is 0 Å². The van der Waals surface area contributed by atoms with Crippen LogP contribution >= 0.6 is 0 Å². The third kappa shape index (κ3) is 9.42. The number of benzene rings is 1. The molecule has 38 heavy (non-hydrogen) atoms. The Bertz CT molecular complexity index is 1190. The molecule has 206 valence electrons. The molecule has 15 heteroatoms. The van der Waals surface area contributed by atoms with Gasteiger partial charge in [-0.15, -0.1) is 0 Å². The molecule has 3 unspecified atom stereocenters. The lowest BCUT2D eigenvalue weighted by Gasteiger charge is -2.23. The maximum absolute atomic E-state index is 13.0. The molecule has 3 amide bonds. The molecular weight excluding hydrogens is 500 g/mol. The third-order valence-corrected chi connectivity index (χ3v) is 5.46. The average Bonchev–Trinajstić information content (AvgIpc) is 3.25. The van der Waals surface area contributed by atoms with E-state index in [1.54, 1.807) is 6.20 Å². The highest BCUT2D eigenvalue weighted by atomic mass is 16.4. The number of H-pyrrole nitrogens is 1. The van der Waals surface area contributed by atoms with Gasteiger partial charge in [0.1, 0.15) is 18.6 Å². The van der Waals surface area contributed by atoms with Crippen LogP contribution in [-0.2, 0) is 30.4 Å². The van der Waals surface area contributed by atoms with Gasteiger partial charge >= 0.3 is 11.9 Å². The van der Waals surface area contributed by atoms with Gasteiger partial charge in [-0.05, 0) is 30.9 Å². The van der Waals surface area contributed by atoms with Crippen LogP contribution in [0.3, 0.4) is 0 Å². The number of guanidine groups is 1. The molecule has 3 atom stereocenters. The Balaban J connectivity index is 2.13. The number of aromatic amines is 1. The number of nitrogens with one attached hydrogen (secondary N) is 4. The van der Waals surface area contributed by atoms with Gasteiger partial charge in [0, 0.05) is 23.6 Å². The van der Waals surface area contributed by atoms with Crippen LogP contribution in [0.2, 0.25) is 0 Å². The lowest BCUT2D eigenvalue weighted by atomic mass is 10.0. The molecule has 1 heterocycles. The Morgan fingerprint density at radius 3 is 2.29 bits per heavy atom. The summed E-state index contributed by atoms with van der Waals surface area (Å²) in [5, 5.41) is 25.6. The average molecular weight is 533 g/mol. The van der Waals surface area contributed by atoms with Gasteiger partial charge in [0.2, 0.25) is 17.7 Å². The van der Waals surface area contributed by atoms with Gasteiger partial charge in [-0.25, -0.2) is 0 Å². The molecule has 0 bridgehead atoms. The molecule has 0 aliphatic heterocycles. The van der Waals surface area contributed by atoms with Crippen LogP contribution in [0.25, 0.3) is 10.9 Å². The topological polar surface area (TPSA) is 268 Å². The second-order valence-electron chi connectivity index (χ2n) is 8.45.